The molecule has 0 amide bonds. The molecule has 0 bridgehead atoms. The molecular weight excluding hydrogens is 298 g/mol. The van der Waals surface area contributed by atoms with E-state index in [-0.39, 0.29) is 6.10 Å². The summed E-state index contributed by atoms with van der Waals surface area (Å²) in [6, 6.07) is 0. The third kappa shape index (κ3) is 4.31. The van der Waals surface area contributed by atoms with Crippen LogP contribution in [0.5, 0.6) is 0 Å². The number of nitrogens with one attached hydrogen (secondary N) is 1. The van der Waals surface area contributed by atoms with Gasteiger partial charge < -0.3 is 4.74 Å². The fraction of sp³-hybridized carbons (Fsp3) is 0.647. The van der Waals surface area contributed by atoms with Gasteiger partial charge in [0.05, 0.1) is 11.0 Å². The first kappa shape index (κ1) is 19.1. The van der Waals surface area contributed by atoms with Gasteiger partial charge in [-0.15, -0.1) is 0 Å². The second kappa shape index (κ2) is 7.57. The van der Waals surface area contributed by atoms with Gasteiger partial charge in [-0.1, -0.05) is 0 Å². The molecule has 0 radical (unpaired) electrons. The van der Waals surface area contributed by atoms with E-state index in [2.05, 4.69) is 4.72 Å². The van der Waals surface area contributed by atoms with E-state index in [1.54, 1.807) is 0 Å². The van der Waals surface area contributed by atoms with E-state index in [0.717, 1.165) is 22.3 Å². The van der Waals surface area contributed by atoms with Crippen molar-refractivity contribution in [3.63, 3.8) is 0 Å². The summed E-state index contributed by atoms with van der Waals surface area (Å²) in [5, 5.41) is 0. The van der Waals surface area contributed by atoms with Gasteiger partial charge in [-0.05, 0) is 82.7 Å². The minimum atomic E-state index is -3.49. The Morgan fingerprint density at radius 2 is 1.36 bits per heavy atom. The van der Waals surface area contributed by atoms with Crippen molar-refractivity contribution in [1.82, 2.24) is 4.72 Å². The topological polar surface area (TPSA) is 55.4 Å². The van der Waals surface area contributed by atoms with Gasteiger partial charge in [-0.25, -0.2) is 13.1 Å². The highest BCUT2D eigenvalue weighted by atomic mass is 32.2. The summed E-state index contributed by atoms with van der Waals surface area (Å²) in [7, 11) is -3.49. The Balaban J connectivity index is 2.95. The van der Waals surface area contributed by atoms with Crippen molar-refractivity contribution in [3.05, 3.63) is 27.8 Å². The zero-order valence-corrected chi connectivity index (χ0v) is 15.6. The Bertz CT molecular complexity index is 605. The molecule has 0 aliphatic carbocycles. The Hall–Kier alpha value is -0.910. The molecule has 126 valence electrons. The Labute approximate surface area is 135 Å². The van der Waals surface area contributed by atoms with Gasteiger partial charge in [-0.3, -0.25) is 0 Å². The number of rotatable bonds is 7. The van der Waals surface area contributed by atoms with Crippen molar-refractivity contribution >= 4 is 10.0 Å². The molecule has 0 aliphatic rings. The fourth-order valence-electron chi connectivity index (χ4n) is 2.54. The van der Waals surface area contributed by atoms with Crippen molar-refractivity contribution < 1.29 is 13.2 Å². The van der Waals surface area contributed by atoms with Crippen LogP contribution >= 0.6 is 0 Å². The SMILES string of the molecule is Cc1c(C)c(C)c(S(=O)(=O)NCCCOC(C)C)c(C)c1C. The van der Waals surface area contributed by atoms with E-state index in [9.17, 15) is 8.42 Å². The first-order valence-electron chi connectivity index (χ1n) is 7.77. The normalized spacial score (nSPS) is 12.2. The van der Waals surface area contributed by atoms with Crippen molar-refractivity contribution in [2.24, 2.45) is 0 Å². The third-order valence-electron chi connectivity index (χ3n) is 4.26. The van der Waals surface area contributed by atoms with Crippen LogP contribution in [0.15, 0.2) is 4.90 Å². The lowest BCUT2D eigenvalue weighted by atomic mass is 9.95. The second-order valence-electron chi connectivity index (χ2n) is 6.12. The highest BCUT2D eigenvalue weighted by Gasteiger charge is 2.23. The highest BCUT2D eigenvalue weighted by Crippen LogP contribution is 2.29. The third-order valence-corrected chi connectivity index (χ3v) is 6.00. The molecular formula is C17H29NO3S. The molecule has 0 fully saturated rings. The van der Waals surface area contributed by atoms with Gasteiger partial charge in [0.1, 0.15) is 0 Å². The van der Waals surface area contributed by atoms with Crippen molar-refractivity contribution in [2.75, 3.05) is 13.2 Å². The summed E-state index contributed by atoms with van der Waals surface area (Å²) in [6.45, 7) is 14.6. The maximum absolute atomic E-state index is 12.6. The fourth-order valence-corrected chi connectivity index (χ4v) is 4.21. The van der Waals surface area contributed by atoms with E-state index in [1.807, 2.05) is 48.5 Å². The van der Waals surface area contributed by atoms with Crippen LogP contribution in [-0.2, 0) is 14.8 Å². The van der Waals surface area contributed by atoms with E-state index in [4.69, 9.17) is 4.74 Å². The quantitative estimate of drug-likeness (QED) is 0.782. The molecule has 1 aromatic rings. The molecule has 0 saturated carbocycles. The number of ether oxygens (including phenoxy) is 1. The molecule has 0 aliphatic heterocycles. The molecule has 0 saturated heterocycles. The molecule has 0 aromatic heterocycles. The average Bonchev–Trinajstić information content (AvgIpc) is 2.42. The molecule has 1 rings (SSSR count). The van der Waals surface area contributed by atoms with Crippen LogP contribution in [0, 0.1) is 34.6 Å². The number of sulfonamides is 1. The van der Waals surface area contributed by atoms with Crippen LogP contribution in [0.4, 0.5) is 0 Å². The molecule has 22 heavy (non-hydrogen) atoms. The van der Waals surface area contributed by atoms with Gasteiger partial charge in [0.25, 0.3) is 0 Å². The summed E-state index contributed by atoms with van der Waals surface area (Å²) in [5.41, 5.74) is 4.94. The van der Waals surface area contributed by atoms with Crippen LogP contribution in [0.2, 0.25) is 0 Å². The second-order valence-corrected chi connectivity index (χ2v) is 7.83. The van der Waals surface area contributed by atoms with Gasteiger partial charge >= 0.3 is 0 Å². The van der Waals surface area contributed by atoms with Gasteiger partial charge in [-0.2, -0.15) is 0 Å². The summed E-state index contributed by atoms with van der Waals surface area (Å²) in [5.74, 6) is 0. The maximum atomic E-state index is 12.6. The first-order chi connectivity index (χ1) is 10.1. The average molecular weight is 327 g/mol. The smallest absolute Gasteiger partial charge is 0.241 e. The van der Waals surface area contributed by atoms with Crippen molar-refractivity contribution in [2.45, 2.75) is 65.9 Å². The lowest BCUT2D eigenvalue weighted by molar-refractivity contribution is 0.0778. The largest absolute Gasteiger partial charge is 0.379 e. The number of benzene rings is 1. The van der Waals surface area contributed by atoms with Crippen LogP contribution in [0.1, 0.15) is 48.1 Å². The minimum Gasteiger partial charge on any atom is -0.379 e. The lowest BCUT2D eigenvalue weighted by Crippen LogP contribution is -2.28. The minimum absolute atomic E-state index is 0.170. The van der Waals surface area contributed by atoms with Crippen LogP contribution in [0.3, 0.4) is 0 Å². The molecule has 1 N–H and O–H groups in total. The summed E-state index contributed by atoms with van der Waals surface area (Å²) >= 11 is 0. The van der Waals surface area contributed by atoms with E-state index >= 15 is 0 Å². The Morgan fingerprint density at radius 1 is 0.909 bits per heavy atom. The number of hydrogen-bond acceptors (Lipinski definition) is 3. The van der Waals surface area contributed by atoms with Gasteiger partial charge in [0, 0.05) is 13.2 Å². The molecule has 0 spiro atoms. The molecule has 0 unspecified atom stereocenters. The van der Waals surface area contributed by atoms with Gasteiger partial charge in [0.15, 0.2) is 0 Å². The summed E-state index contributed by atoms with van der Waals surface area (Å²) in [6.07, 6.45) is 0.836. The van der Waals surface area contributed by atoms with Crippen LogP contribution < -0.4 is 4.72 Å². The molecule has 0 heterocycles. The highest BCUT2D eigenvalue weighted by molar-refractivity contribution is 7.89. The van der Waals surface area contributed by atoms with Crippen LogP contribution in [0.25, 0.3) is 0 Å². The zero-order valence-electron chi connectivity index (χ0n) is 14.8. The zero-order chi connectivity index (χ0) is 17.1. The van der Waals surface area contributed by atoms with E-state index in [1.165, 1.54) is 5.56 Å². The van der Waals surface area contributed by atoms with Gasteiger partial charge in [0.2, 0.25) is 10.0 Å². The Kier molecular flexibility index (Phi) is 6.59. The Morgan fingerprint density at radius 3 is 1.82 bits per heavy atom. The standard InChI is InChI=1S/C17H29NO3S/c1-11(2)21-10-8-9-18-22(19,20)17-15(6)13(4)12(3)14(5)16(17)7/h11,18H,8-10H2,1-7H3. The predicted octanol–water partition coefficient (Wildman–Crippen LogP) is 3.32. The first-order valence-corrected chi connectivity index (χ1v) is 9.26. The summed E-state index contributed by atoms with van der Waals surface area (Å²) < 4.78 is 33.4. The monoisotopic (exact) mass is 327 g/mol. The molecule has 1 aromatic carbocycles. The molecule has 5 heteroatoms. The number of hydrogen-bond donors (Lipinski definition) is 1. The van der Waals surface area contributed by atoms with E-state index < -0.39 is 10.0 Å². The maximum Gasteiger partial charge on any atom is 0.241 e. The van der Waals surface area contributed by atoms with Crippen molar-refractivity contribution in [1.29, 1.82) is 0 Å². The van der Waals surface area contributed by atoms with E-state index in [0.29, 0.717) is 24.5 Å². The summed E-state index contributed by atoms with van der Waals surface area (Å²) in [4.78, 5) is 0.429. The van der Waals surface area contributed by atoms with Crippen molar-refractivity contribution in [3.8, 4) is 0 Å². The molecule has 4 nitrogen and oxygen atoms in total. The molecule has 0 atom stereocenters. The predicted molar refractivity (Wildman–Crippen MR) is 91.0 cm³/mol. The van der Waals surface area contributed by atoms with Crippen LogP contribution in [-0.4, -0.2) is 27.7 Å². The lowest BCUT2D eigenvalue weighted by Gasteiger charge is -2.19.